The van der Waals surface area contributed by atoms with Gasteiger partial charge in [-0.1, -0.05) is 105 Å². The number of non-ortho nitro benzene ring substituents is 2. The number of benzene rings is 4. The molecule has 0 saturated carbocycles. The van der Waals surface area contributed by atoms with Crippen molar-refractivity contribution in [3.63, 3.8) is 0 Å². The first-order valence-electron chi connectivity index (χ1n) is 17.1. The summed E-state index contributed by atoms with van der Waals surface area (Å²) in [5.74, 6) is 1.63. The molecule has 0 aliphatic rings. The fraction of sp³-hybridized carbons (Fsp3) is 0.316. The number of nitro groups is 2. The number of alkyl halides is 4. The average Bonchev–Trinajstić information content (AvgIpc) is 3.16. The van der Waals surface area contributed by atoms with Crippen molar-refractivity contribution in [3.8, 4) is 23.0 Å². The number of halogens is 4. The van der Waals surface area contributed by atoms with Gasteiger partial charge in [0.15, 0.2) is 8.57 Å². The predicted octanol–water partition coefficient (Wildman–Crippen LogP) is 10.7. The van der Waals surface area contributed by atoms with Crippen molar-refractivity contribution >= 4 is 78.3 Å². The molecule has 0 aliphatic carbocycles. The van der Waals surface area contributed by atoms with Gasteiger partial charge in [-0.25, -0.2) is 0 Å². The molecule has 0 aliphatic heterocycles. The molecule has 0 saturated heterocycles. The van der Waals surface area contributed by atoms with Gasteiger partial charge in [0, 0.05) is 50.4 Å². The minimum atomic E-state index is -0.839. The van der Waals surface area contributed by atoms with Gasteiger partial charge in [0.05, 0.1) is 9.85 Å². The molecule has 4 rings (SSSR count). The van der Waals surface area contributed by atoms with Crippen molar-refractivity contribution in [3.05, 3.63) is 128 Å². The van der Waals surface area contributed by atoms with Crippen LogP contribution in [0.25, 0.3) is 0 Å². The van der Waals surface area contributed by atoms with E-state index in [1.165, 1.54) is 48.5 Å². The molecule has 0 heterocycles. The second-order valence-corrected chi connectivity index (χ2v) is 16.0. The number of hydrogen-bond acceptors (Lipinski definition) is 8. The molecule has 0 fully saturated rings. The van der Waals surface area contributed by atoms with Gasteiger partial charge < -0.3 is 19.3 Å². The minimum Gasteiger partial charge on any atom is -0.457 e. The van der Waals surface area contributed by atoms with Crippen LogP contribution in [0.2, 0.25) is 0 Å². The van der Waals surface area contributed by atoms with Gasteiger partial charge in [0.1, 0.15) is 23.0 Å². The summed E-state index contributed by atoms with van der Waals surface area (Å²) in [7, 11) is 0. The van der Waals surface area contributed by atoms with Crippen molar-refractivity contribution in [1.82, 2.24) is 9.80 Å². The molecule has 0 aromatic heterocycles. The Morgan fingerprint density at radius 2 is 0.815 bits per heavy atom. The summed E-state index contributed by atoms with van der Waals surface area (Å²) in [5, 5.41) is 21.8. The van der Waals surface area contributed by atoms with Crippen LogP contribution in [0.15, 0.2) is 97.1 Å². The van der Waals surface area contributed by atoms with Crippen LogP contribution < -0.4 is 9.47 Å². The number of carbonyl (C=O) groups excluding carboxylic acids is 2. The van der Waals surface area contributed by atoms with Crippen molar-refractivity contribution in [2.75, 3.05) is 13.1 Å². The van der Waals surface area contributed by atoms with Gasteiger partial charge in [-0.15, -0.1) is 0 Å². The number of hydrogen-bond donors (Lipinski definition) is 0. The first-order chi connectivity index (χ1) is 25.9. The van der Waals surface area contributed by atoms with E-state index in [1.54, 1.807) is 34.1 Å². The number of amides is 2. The molecule has 0 spiro atoms. The zero-order valence-electron chi connectivity index (χ0n) is 29.0. The number of nitro benzene ring substituents is 2. The number of nitrogens with zero attached hydrogens (tertiary/aromatic N) is 4. The van der Waals surface area contributed by atoms with Gasteiger partial charge in [-0.05, 0) is 72.5 Å². The first-order valence-corrected chi connectivity index (χ1v) is 19.8. The number of ether oxygens (including phenoxy) is 2. The fourth-order valence-electron chi connectivity index (χ4n) is 5.43. The maximum atomic E-state index is 12.9. The van der Waals surface area contributed by atoms with Gasteiger partial charge in [0.2, 0.25) is 0 Å². The fourth-order valence-corrected chi connectivity index (χ4v) is 6.29. The summed E-state index contributed by atoms with van der Waals surface area (Å²) in [6, 6.07) is 26.2. The average molecular weight is 909 g/mol. The Kier molecular flexibility index (Phi) is 17.0. The lowest BCUT2D eigenvalue weighted by molar-refractivity contribution is -0.385. The predicted molar refractivity (Wildman–Crippen MR) is 215 cm³/mol. The minimum absolute atomic E-state index is 0.0177. The Balaban J connectivity index is 1.18. The largest absolute Gasteiger partial charge is 0.457 e. The van der Waals surface area contributed by atoms with Crippen LogP contribution in [-0.4, -0.2) is 53.1 Å². The van der Waals surface area contributed by atoms with Crippen LogP contribution in [0.5, 0.6) is 23.0 Å². The van der Waals surface area contributed by atoms with E-state index in [0.29, 0.717) is 49.2 Å². The second-order valence-electron chi connectivity index (χ2n) is 12.2. The Bertz CT molecular complexity index is 1700. The van der Waals surface area contributed by atoms with Gasteiger partial charge in [-0.3, -0.25) is 29.8 Å². The van der Waals surface area contributed by atoms with Crippen LogP contribution in [0.4, 0.5) is 11.4 Å². The third kappa shape index (κ3) is 13.9. The molecule has 0 bridgehead atoms. The van der Waals surface area contributed by atoms with E-state index >= 15 is 0 Å². The lowest BCUT2D eigenvalue weighted by atomic mass is 10.1. The van der Waals surface area contributed by atoms with Crippen molar-refractivity contribution in [2.24, 2.45) is 0 Å². The molecule has 2 unspecified atom stereocenters. The zero-order chi connectivity index (χ0) is 39.0. The Hall–Kier alpha value is -4.24. The zero-order valence-corrected chi connectivity index (χ0v) is 33.7. The van der Waals surface area contributed by atoms with Crippen LogP contribution in [0, 0.1) is 20.2 Å². The SMILES string of the molecule is O=C(C(Cl)Br)N(CCCCCCCCN(Cc1ccc(Oc2ccc([N+](=O)[O-])cc2)cc1)C(=O)C(Cl)Br)Cc1ccc(Oc2ccc([N+](=O)[O-])cc2)cc1. The third-order valence-electron chi connectivity index (χ3n) is 8.26. The summed E-state index contributed by atoms with van der Waals surface area (Å²) < 4.78 is 9.90. The van der Waals surface area contributed by atoms with E-state index in [1.807, 2.05) is 24.3 Å². The van der Waals surface area contributed by atoms with Crippen LogP contribution in [0.3, 0.4) is 0 Å². The molecular formula is C38H38Br2Cl2N4O8. The molecule has 54 heavy (non-hydrogen) atoms. The first kappa shape index (κ1) is 42.5. The highest BCUT2D eigenvalue weighted by atomic mass is 79.9. The topological polar surface area (TPSA) is 145 Å². The second kappa shape index (κ2) is 21.6. The molecule has 2 atom stereocenters. The number of carbonyl (C=O) groups is 2. The van der Waals surface area contributed by atoms with Crippen LogP contribution in [-0.2, 0) is 22.7 Å². The van der Waals surface area contributed by atoms with E-state index in [0.717, 1.165) is 49.7 Å². The van der Waals surface area contributed by atoms with Crippen molar-refractivity contribution < 1.29 is 28.9 Å². The van der Waals surface area contributed by atoms with Crippen LogP contribution >= 0.6 is 55.1 Å². The molecule has 0 N–H and O–H groups in total. The molecule has 16 heteroatoms. The van der Waals surface area contributed by atoms with E-state index < -0.39 is 18.4 Å². The summed E-state index contributed by atoms with van der Waals surface area (Å²) in [5.41, 5.74) is 1.77. The lowest BCUT2D eigenvalue weighted by Crippen LogP contribution is -2.35. The number of rotatable bonds is 21. The number of unbranched alkanes of at least 4 members (excludes halogenated alkanes) is 5. The highest BCUT2D eigenvalue weighted by Crippen LogP contribution is 2.27. The summed E-state index contributed by atoms with van der Waals surface area (Å²) in [4.78, 5) is 50.0. The lowest BCUT2D eigenvalue weighted by Gasteiger charge is -2.24. The maximum Gasteiger partial charge on any atom is 0.269 e. The maximum absolute atomic E-state index is 12.9. The summed E-state index contributed by atoms with van der Waals surface area (Å²) in [6.07, 6.45) is 5.38. The molecule has 4 aromatic rings. The molecular weight excluding hydrogens is 871 g/mol. The van der Waals surface area contributed by atoms with E-state index in [4.69, 9.17) is 32.7 Å². The Labute approximate surface area is 339 Å². The van der Waals surface area contributed by atoms with Gasteiger partial charge in [0.25, 0.3) is 23.2 Å². The third-order valence-corrected chi connectivity index (χ3v) is 9.42. The molecule has 0 radical (unpaired) electrons. The monoisotopic (exact) mass is 906 g/mol. The van der Waals surface area contributed by atoms with Crippen molar-refractivity contribution in [2.45, 2.75) is 60.2 Å². The molecule has 12 nitrogen and oxygen atoms in total. The van der Waals surface area contributed by atoms with Gasteiger partial charge >= 0.3 is 0 Å². The van der Waals surface area contributed by atoms with E-state index in [-0.39, 0.29) is 23.2 Å². The highest BCUT2D eigenvalue weighted by Gasteiger charge is 2.21. The summed E-state index contributed by atoms with van der Waals surface area (Å²) >= 11 is 18.6. The summed E-state index contributed by atoms with van der Waals surface area (Å²) in [6.45, 7) is 1.83. The van der Waals surface area contributed by atoms with E-state index in [2.05, 4.69) is 31.9 Å². The normalized spacial score (nSPS) is 12.0. The quantitative estimate of drug-likeness (QED) is 0.0348. The molecule has 4 aromatic carbocycles. The highest BCUT2D eigenvalue weighted by molar-refractivity contribution is 9.10. The van der Waals surface area contributed by atoms with Crippen LogP contribution in [0.1, 0.15) is 49.7 Å². The smallest absolute Gasteiger partial charge is 0.269 e. The standard InChI is InChI=1S/C38H38Br2Cl2N4O8/c39-35(41)37(47)43(25-27-7-15-31(16-8-27)53-33-19-11-29(12-20-33)45(49)50)23-5-3-1-2-4-6-24-44(38(48)36(40)42)26-28-9-17-32(18-10-28)54-34-21-13-30(14-22-34)46(51)52/h7-22,35-36H,1-6,23-26H2. The van der Waals surface area contributed by atoms with Crippen molar-refractivity contribution in [1.29, 1.82) is 0 Å². The molecule has 2 amide bonds. The van der Waals surface area contributed by atoms with Gasteiger partial charge in [-0.2, -0.15) is 0 Å². The Morgan fingerprint density at radius 1 is 0.537 bits per heavy atom. The van der Waals surface area contributed by atoms with E-state index in [9.17, 15) is 29.8 Å². The Morgan fingerprint density at radius 3 is 1.09 bits per heavy atom. The molecule has 286 valence electrons.